The third kappa shape index (κ3) is 2.71. The summed E-state index contributed by atoms with van der Waals surface area (Å²) in [5.74, 6) is -1.52. The number of carboxylic acids is 1. The van der Waals surface area contributed by atoms with Crippen LogP contribution in [0.1, 0.15) is 25.7 Å². The Morgan fingerprint density at radius 3 is 2.65 bits per heavy atom. The third-order valence-corrected chi connectivity index (χ3v) is 3.79. The summed E-state index contributed by atoms with van der Waals surface area (Å²) in [5.41, 5.74) is -1.16. The van der Waals surface area contributed by atoms with Crippen molar-refractivity contribution in [2.24, 2.45) is 5.41 Å². The van der Waals surface area contributed by atoms with E-state index in [9.17, 15) is 24.4 Å². The Kier molecular flexibility index (Phi) is 3.87. The highest BCUT2D eigenvalue weighted by Gasteiger charge is 2.41. The molecule has 0 amide bonds. The largest absolute Gasteiger partial charge is 0.481 e. The Hall–Kier alpha value is -2.18. The highest BCUT2D eigenvalue weighted by molar-refractivity contribution is 5.76. The summed E-state index contributed by atoms with van der Waals surface area (Å²) >= 11 is 0. The van der Waals surface area contributed by atoms with Gasteiger partial charge < -0.3 is 10.4 Å². The van der Waals surface area contributed by atoms with Crippen molar-refractivity contribution in [1.29, 1.82) is 0 Å². The van der Waals surface area contributed by atoms with Crippen molar-refractivity contribution in [3.05, 3.63) is 34.1 Å². The maximum absolute atomic E-state index is 13.2. The zero-order valence-electron chi connectivity index (χ0n) is 10.8. The number of carboxylic acid groups (broad SMARTS) is 1. The first kappa shape index (κ1) is 14.2. The van der Waals surface area contributed by atoms with Crippen molar-refractivity contribution < 1.29 is 19.2 Å². The van der Waals surface area contributed by atoms with Gasteiger partial charge in [-0.15, -0.1) is 0 Å². The fourth-order valence-electron chi connectivity index (χ4n) is 2.59. The van der Waals surface area contributed by atoms with E-state index in [4.69, 9.17) is 0 Å². The molecule has 20 heavy (non-hydrogen) atoms. The molecule has 1 aromatic rings. The van der Waals surface area contributed by atoms with E-state index in [0.29, 0.717) is 12.8 Å². The van der Waals surface area contributed by atoms with Crippen molar-refractivity contribution in [2.45, 2.75) is 25.7 Å². The Morgan fingerprint density at radius 2 is 2.10 bits per heavy atom. The fraction of sp³-hybridized carbons (Fsp3) is 0.462. The van der Waals surface area contributed by atoms with Gasteiger partial charge in [0.15, 0.2) is 0 Å². The van der Waals surface area contributed by atoms with Crippen molar-refractivity contribution in [3.63, 3.8) is 0 Å². The number of hydrogen-bond donors (Lipinski definition) is 2. The molecule has 0 atom stereocenters. The smallest absolute Gasteiger partial charge is 0.311 e. The molecule has 2 rings (SSSR count). The number of nitro groups is 1. The first-order valence-corrected chi connectivity index (χ1v) is 6.36. The van der Waals surface area contributed by atoms with E-state index < -0.39 is 22.1 Å². The van der Waals surface area contributed by atoms with Crippen molar-refractivity contribution in [3.8, 4) is 0 Å². The predicted molar refractivity (Wildman–Crippen MR) is 70.1 cm³/mol. The van der Waals surface area contributed by atoms with E-state index in [-0.39, 0.29) is 17.9 Å². The van der Waals surface area contributed by atoms with Gasteiger partial charge in [0.05, 0.1) is 10.3 Å². The topological polar surface area (TPSA) is 92.5 Å². The minimum Gasteiger partial charge on any atom is -0.481 e. The Morgan fingerprint density at radius 1 is 1.45 bits per heavy atom. The quantitative estimate of drug-likeness (QED) is 0.640. The van der Waals surface area contributed by atoms with Crippen LogP contribution in [0.3, 0.4) is 0 Å². The van der Waals surface area contributed by atoms with Crippen LogP contribution in [0.15, 0.2) is 18.2 Å². The molecule has 1 aliphatic carbocycles. The molecule has 1 saturated carbocycles. The minimum absolute atomic E-state index is 0.0162. The number of rotatable bonds is 5. The predicted octanol–water partition coefficient (Wildman–Crippen LogP) is 2.79. The molecular formula is C13H15FN2O4. The van der Waals surface area contributed by atoms with Crippen LogP contribution in [0.2, 0.25) is 0 Å². The highest BCUT2D eigenvalue weighted by atomic mass is 19.1. The van der Waals surface area contributed by atoms with Crippen LogP contribution >= 0.6 is 0 Å². The van der Waals surface area contributed by atoms with Crippen LogP contribution < -0.4 is 5.32 Å². The Labute approximate surface area is 114 Å². The zero-order chi connectivity index (χ0) is 14.8. The molecule has 0 unspecified atom stereocenters. The van der Waals surface area contributed by atoms with Gasteiger partial charge in [0.25, 0.3) is 5.69 Å². The summed E-state index contributed by atoms with van der Waals surface area (Å²) in [6.07, 6.45) is 2.69. The van der Waals surface area contributed by atoms with Crippen LogP contribution in [0.25, 0.3) is 0 Å². The number of anilines is 1. The summed E-state index contributed by atoms with van der Waals surface area (Å²) in [7, 11) is 0. The third-order valence-electron chi connectivity index (χ3n) is 3.79. The number of aliphatic carboxylic acids is 1. The van der Waals surface area contributed by atoms with Gasteiger partial charge in [0.2, 0.25) is 0 Å². The normalized spacial score (nSPS) is 16.9. The molecular weight excluding hydrogens is 267 g/mol. The molecule has 0 spiro atoms. The number of hydrogen-bond acceptors (Lipinski definition) is 4. The van der Waals surface area contributed by atoms with Gasteiger partial charge in [0.1, 0.15) is 11.5 Å². The first-order valence-electron chi connectivity index (χ1n) is 6.36. The second kappa shape index (κ2) is 5.44. The lowest BCUT2D eigenvalue weighted by molar-refractivity contribution is -0.384. The summed E-state index contributed by atoms with van der Waals surface area (Å²) in [6.45, 7) is 0.0621. The molecule has 0 aromatic heterocycles. The Bertz CT molecular complexity index is 541. The molecule has 0 aliphatic heterocycles. The molecule has 0 saturated heterocycles. The monoisotopic (exact) mass is 282 g/mol. The molecule has 108 valence electrons. The second-order valence-corrected chi connectivity index (χ2v) is 5.06. The maximum atomic E-state index is 13.2. The highest BCUT2D eigenvalue weighted by Crippen LogP contribution is 2.39. The van der Waals surface area contributed by atoms with Gasteiger partial charge in [-0.05, 0) is 18.9 Å². The number of nitrogens with one attached hydrogen (secondary N) is 1. The van der Waals surface area contributed by atoms with Gasteiger partial charge in [-0.25, -0.2) is 4.39 Å². The number of halogens is 1. The van der Waals surface area contributed by atoms with Crippen molar-refractivity contribution >= 4 is 17.3 Å². The van der Waals surface area contributed by atoms with E-state index in [0.717, 1.165) is 31.0 Å². The van der Waals surface area contributed by atoms with Crippen molar-refractivity contribution in [1.82, 2.24) is 0 Å². The van der Waals surface area contributed by atoms with Gasteiger partial charge in [-0.3, -0.25) is 14.9 Å². The average Bonchev–Trinajstić information content (AvgIpc) is 2.86. The van der Waals surface area contributed by atoms with E-state index in [1.807, 2.05) is 0 Å². The van der Waals surface area contributed by atoms with Crippen molar-refractivity contribution in [2.75, 3.05) is 11.9 Å². The van der Waals surface area contributed by atoms with Crippen LogP contribution in [-0.4, -0.2) is 22.5 Å². The Balaban J connectivity index is 2.20. The molecule has 1 fully saturated rings. The summed E-state index contributed by atoms with van der Waals surface area (Å²) in [6, 6.07) is 3.09. The molecule has 0 radical (unpaired) electrons. The average molecular weight is 282 g/mol. The summed E-state index contributed by atoms with van der Waals surface area (Å²) in [4.78, 5) is 21.6. The van der Waals surface area contributed by atoms with Gasteiger partial charge in [-0.2, -0.15) is 0 Å². The number of nitrogens with zero attached hydrogens (tertiary/aromatic N) is 1. The number of carbonyl (C=O) groups is 1. The lowest BCUT2D eigenvalue weighted by Gasteiger charge is -2.24. The molecule has 0 heterocycles. The zero-order valence-corrected chi connectivity index (χ0v) is 10.8. The van der Waals surface area contributed by atoms with Crippen LogP contribution in [-0.2, 0) is 4.79 Å². The van der Waals surface area contributed by atoms with Crippen LogP contribution in [0, 0.1) is 21.3 Å². The summed E-state index contributed by atoms with van der Waals surface area (Å²) in [5, 5.41) is 22.9. The van der Waals surface area contributed by atoms with Gasteiger partial charge >= 0.3 is 5.97 Å². The fourth-order valence-corrected chi connectivity index (χ4v) is 2.59. The SMILES string of the molecule is O=C(O)C1(CNc2cc(F)ccc2[N+](=O)[O-])CCCC1. The molecule has 1 aliphatic rings. The lowest BCUT2D eigenvalue weighted by atomic mass is 9.86. The molecule has 6 nitrogen and oxygen atoms in total. The van der Waals surface area contributed by atoms with E-state index in [2.05, 4.69) is 5.32 Å². The standard InChI is InChI=1S/C13H15FN2O4/c14-9-3-4-11(16(19)20)10(7-9)15-8-13(12(17)18)5-1-2-6-13/h3-4,7,15H,1-2,5-6,8H2,(H,17,18). The second-order valence-electron chi connectivity index (χ2n) is 5.06. The minimum atomic E-state index is -0.916. The molecule has 2 N–H and O–H groups in total. The first-order chi connectivity index (χ1) is 9.44. The molecule has 0 bridgehead atoms. The van der Waals surface area contributed by atoms with Gasteiger partial charge in [0, 0.05) is 18.7 Å². The number of nitro benzene ring substituents is 1. The molecule has 7 heteroatoms. The van der Waals surface area contributed by atoms with E-state index in [1.165, 1.54) is 0 Å². The lowest BCUT2D eigenvalue weighted by Crippen LogP contribution is -2.35. The van der Waals surface area contributed by atoms with Crippen LogP contribution in [0.5, 0.6) is 0 Å². The van der Waals surface area contributed by atoms with Crippen LogP contribution in [0.4, 0.5) is 15.8 Å². The maximum Gasteiger partial charge on any atom is 0.311 e. The van der Waals surface area contributed by atoms with E-state index >= 15 is 0 Å². The van der Waals surface area contributed by atoms with E-state index in [1.54, 1.807) is 0 Å². The number of benzene rings is 1. The molecule has 1 aromatic carbocycles. The summed E-state index contributed by atoms with van der Waals surface area (Å²) < 4.78 is 13.2. The van der Waals surface area contributed by atoms with Gasteiger partial charge in [-0.1, -0.05) is 12.8 Å².